The topological polar surface area (TPSA) is 0 Å². The molecule has 1 unspecified atom stereocenters. The lowest BCUT2D eigenvalue weighted by Gasteiger charge is -2.35. The van der Waals surface area contributed by atoms with Gasteiger partial charge in [0, 0.05) is 0 Å². The third kappa shape index (κ3) is 7.94. The van der Waals surface area contributed by atoms with Crippen LogP contribution in [-0.2, 0) is 0 Å². The molecule has 0 amide bonds. The zero-order chi connectivity index (χ0) is 16.2. The van der Waals surface area contributed by atoms with Crippen molar-refractivity contribution in [3.8, 4) is 0 Å². The van der Waals surface area contributed by atoms with E-state index >= 15 is 0 Å². The van der Waals surface area contributed by atoms with Crippen molar-refractivity contribution in [3.05, 3.63) is 0 Å². The van der Waals surface area contributed by atoms with Crippen molar-refractivity contribution in [3.63, 3.8) is 0 Å². The van der Waals surface area contributed by atoms with Gasteiger partial charge in [-0.25, -0.2) is 0 Å². The first-order chi connectivity index (χ1) is 11.4. The van der Waals surface area contributed by atoms with Gasteiger partial charge in [-0.15, -0.1) is 8.58 Å². The second-order valence-corrected chi connectivity index (χ2v) is 9.91. The van der Waals surface area contributed by atoms with Crippen molar-refractivity contribution >= 4 is 15.3 Å². The van der Waals surface area contributed by atoms with E-state index in [-0.39, 0.29) is 0 Å². The minimum atomic E-state index is 1.11. The Labute approximate surface area is 149 Å². The molecule has 2 heteroatoms. The first kappa shape index (κ1) is 19.8. The van der Waals surface area contributed by atoms with Crippen LogP contribution in [0.15, 0.2) is 0 Å². The van der Waals surface area contributed by atoms with E-state index in [0.717, 1.165) is 18.3 Å². The van der Waals surface area contributed by atoms with Crippen LogP contribution in [-0.4, -0.2) is 19.0 Å². The average Bonchev–Trinajstić information content (AvgIpc) is 2.62. The summed E-state index contributed by atoms with van der Waals surface area (Å²) in [5.41, 5.74) is 0. The quantitative estimate of drug-likeness (QED) is 0.205. The minimum absolute atomic E-state index is 1.11. The van der Waals surface area contributed by atoms with E-state index in [0.29, 0.717) is 0 Å². The standard InChI is InChI=1S/C21H42BP/c1-2-3-18-23-19-12-6-11-17-22(20-13-7-4-8-14-20)21-15-9-5-10-16-21/h20-21,23H,2-19H2,1H3. The van der Waals surface area contributed by atoms with Gasteiger partial charge in [-0.1, -0.05) is 108 Å². The predicted molar refractivity (Wildman–Crippen MR) is 111 cm³/mol. The highest BCUT2D eigenvalue weighted by atomic mass is 31.1. The van der Waals surface area contributed by atoms with Crippen LogP contribution >= 0.6 is 8.58 Å². The van der Waals surface area contributed by atoms with E-state index in [1.165, 1.54) is 91.5 Å². The van der Waals surface area contributed by atoms with Crippen LogP contribution < -0.4 is 0 Å². The molecule has 0 bridgehead atoms. The molecule has 0 saturated heterocycles. The Morgan fingerprint density at radius 3 is 1.83 bits per heavy atom. The summed E-state index contributed by atoms with van der Waals surface area (Å²) < 4.78 is 0. The monoisotopic (exact) mass is 336 g/mol. The molecule has 134 valence electrons. The Kier molecular flexibility index (Phi) is 11.0. The molecule has 23 heavy (non-hydrogen) atoms. The van der Waals surface area contributed by atoms with Crippen LogP contribution in [0.5, 0.6) is 0 Å². The molecule has 0 aromatic rings. The molecule has 0 aromatic heterocycles. The van der Waals surface area contributed by atoms with Crippen LogP contribution in [0.4, 0.5) is 0 Å². The summed E-state index contributed by atoms with van der Waals surface area (Å²) in [7, 11) is 1.25. The van der Waals surface area contributed by atoms with Crippen LogP contribution in [0, 0.1) is 0 Å². The second-order valence-electron chi connectivity index (χ2n) is 8.41. The van der Waals surface area contributed by atoms with E-state index in [9.17, 15) is 0 Å². The largest absolute Gasteiger partial charge is 0.146 e. The van der Waals surface area contributed by atoms with Gasteiger partial charge in [-0.2, -0.15) is 0 Å². The highest BCUT2D eigenvalue weighted by Crippen LogP contribution is 2.43. The van der Waals surface area contributed by atoms with Gasteiger partial charge in [0.1, 0.15) is 6.71 Å². The summed E-state index contributed by atoms with van der Waals surface area (Å²) in [4.78, 5) is 0. The lowest BCUT2D eigenvalue weighted by Crippen LogP contribution is -2.30. The Hall–Kier alpha value is 0.495. The van der Waals surface area contributed by atoms with Crippen molar-refractivity contribution in [1.82, 2.24) is 0 Å². The van der Waals surface area contributed by atoms with Crippen molar-refractivity contribution in [2.75, 3.05) is 12.3 Å². The van der Waals surface area contributed by atoms with E-state index in [1.807, 2.05) is 0 Å². The predicted octanol–water partition coefficient (Wildman–Crippen LogP) is 7.80. The molecule has 0 aromatic carbocycles. The summed E-state index contributed by atoms with van der Waals surface area (Å²) in [6.45, 7) is 3.43. The van der Waals surface area contributed by atoms with Gasteiger partial charge in [-0.3, -0.25) is 0 Å². The van der Waals surface area contributed by atoms with Gasteiger partial charge >= 0.3 is 0 Å². The number of hydrogen-bond acceptors (Lipinski definition) is 0. The van der Waals surface area contributed by atoms with Crippen molar-refractivity contribution < 1.29 is 0 Å². The van der Waals surface area contributed by atoms with Gasteiger partial charge in [0.2, 0.25) is 0 Å². The summed E-state index contributed by atoms with van der Waals surface area (Å²) in [6.07, 6.45) is 27.5. The molecule has 2 saturated carbocycles. The maximum Gasteiger partial charge on any atom is 0.146 e. The SMILES string of the molecule is CCCCPCCCCCB(C1CCCCC1)C1CCCCC1. The van der Waals surface area contributed by atoms with Gasteiger partial charge in [0.05, 0.1) is 0 Å². The Morgan fingerprint density at radius 1 is 0.696 bits per heavy atom. The lowest BCUT2D eigenvalue weighted by atomic mass is 9.28. The lowest BCUT2D eigenvalue weighted by molar-refractivity contribution is 0.459. The fraction of sp³-hybridized carbons (Fsp3) is 1.00. The third-order valence-corrected chi connectivity index (χ3v) is 8.02. The summed E-state index contributed by atoms with van der Waals surface area (Å²) in [5, 5.41) is 0. The van der Waals surface area contributed by atoms with E-state index < -0.39 is 0 Å². The first-order valence-electron chi connectivity index (χ1n) is 11.1. The number of rotatable bonds is 11. The molecule has 0 aliphatic heterocycles. The molecule has 2 rings (SSSR count). The van der Waals surface area contributed by atoms with Crippen LogP contribution in [0.3, 0.4) is 0 Å². The maximum absolute atomic E-state index is 2.32. The molecule has 2 aliphatic carbocycles. The Bertz CT molecular complexity index is 251. The van der Waals surface area contributed by atoms with Crippen molar-refractivity contribution in [2.24, 2.45) is 0 Å². The zero-order valence-electron chi connectivity index (χ0n) is 16.0. The fourth-order valence-corrected chi connectivity index (χ4v) is 6.57. The molecular weight excluding hydrogens is 294 g/mol. The number of unbranched alkanes of at least 4 members (excludes halogenated alkanes) is 3. The normalized spacial score (nSPS) is 21.3. The molecule has 2 fully saturated rings. The maximum atomic E-state index is 2.32. The first-order valence-corrected chi connectivity index (χ1v) is 12.5. The molecule has 2 aliphatic rings. The Morgan fingerprint density at radius 2 is 1.26 bits per heavy atom. The van der Waals surface area contributed by atoms with Crippen molar-refractivity contribution in [1.29, 1.82) is 0 Å². The molecule has 0 spiro atoms. The van der Waals surface area contributed by atoms with Gasteiger partial charge in [0.25, 0.3) is 0 Å². The van der Waals surface area contributed by atoms with Gasteiger partial charge < -0.3 is 0 Å². The van der Waals surface area contributed by atoms with Crippen LogP contribution in [0.1, 0.15) is 103 Å². The molecule has 1 atom stereocenters. The number of hydrogen-bond donors (Lipinski definition) is 0. The highest BCUT2D eigenvalue weighted by molar-refractivity contribution is 7.37. The summed E-state index contributed by atoms with van der Waals surface area (Å²) in [5.74, 6) is 2.22. The molecule has 0 N–H and O–H groups in total. The van der Waals surface area contributed by atoms with Crippen molar-refractivity contribution in [2.45, 2.75) is 121 Å². The zero-order valence-corrected chi connectivity index (χ0v) is 17.0. The molecular formula is C21H42BP. The summed E-state index contributed by atoms with van der Waals surface area (Å²) in [6, 6.07) is 0. The Balaban J connectivity index is 1.65. The van der Waals surface area contributed by atoms with Gasteiger partial charge in [0.15, 0.2) is 0 Å². The molecule has 0 nitrogen and oxygen atoms in total. The minimum Gasteiger partial charge on any atom is -0.122 e. The van der Waals surface area contributed by atoms with Crippen LogP contribution in [0.2, 0.25) is 18.0 Å². The third-order valence-electron chi connectivity index (χ3n) is 6.61. The molecule has 0 heterocycles. The van der Waals surface area contributed by atoms with Gasteiger partial charge in [-0.05, 0) is 25.2 Å². The summed E-state index contributed by atoms with van der Waals surface area (Å²) >= 11 is 0. The van der Waals surface area contributed by atoms with E-state index in [4.69, 9.17) is 0 Å². The average molecular weight is 336 g/mol. The fourth-order valence-electron chi connectivity index (χ4n) is 5.21. The van der Waals surface area contributed by atoms with Crippen LogP contribution in [0.25, 0.3) is 0 Å². The van der Waals surface area contributed by atoms with E-state index in [1.54, 1.807) is 32.0 Å². The molecule has 0 radical (unpaired) electrons. The smallest absolute Gasteiger partial charge is 0.122 e. The van der Waals surface area contributed by atoms with E-state index in [2.05, 4.69) is 6.92 Å². The highest BCUT2D eigenvalue weighted by Gasteiger charge is 2.33. The second kappa shape index (κ2) is 12.8.